The molecule has 0 aromatic carbocycles. The summed E-state index contributed by atoms with van der Waals surface area (Å²) in [7, 11) is 0. The maximum Gasteiger partial charge on any atom is 0.0838 e. The first kappa shape index (κ1) is 17.2. The molecule has 2 rings (SSSR count). The van der Waals surface area contributed by atoms with Crippen LogP contribution < -0.4 is 5.73 Å². The Morgan fingerprint density at radius 3 is 2.38 bits per heavy atom. The quantitative estimate of drug-likeness (QED) is 0.856. The molecular weight excluding hydrogens is 262 g/mol. The minimum Gasteiger partial charge on any atom is -0.374 e. The molecule has 2 N–H and O–H groups in total. The first-order chi connectivity index (χ1) is 9.62. The molecule has 1 heterocycles. The van der Waals surface area contributed by atoms with E-state index in [0.29, 0.717) is 11.8 Å². The van der Waals surface area contributed by atoms with E-state index in [1.807, 2.05) is 0 Å². The molecule has 4 unspecified atom stereocenters. The summed E-state index contributed by atoms with van der Waals surface area (Å²) in [4.78, 5) is 0. The van der Waals surface area contributed by atoms with Gasteiger partial charge in [0.2, 0.25) is 0 Å². The second-order valence-corrected chi connectivity index (χ2v) is 8.50. The lowest BCUT2D eigenvalue weighted by Gasteiger charge is -2.47. The van der Waals surface area contributed by atoms with E-state index in [1.165, 1.54) is 12.8 Å². The summed E-state index contributed by atoms with van der Waals surface area (Å²) in [6.45, 7) is 13.9. The van der Waals surface area contributed by atoms with Crippen molar-refractivity contribution in [2.45, 2.75) is 96.5 Å². The summed E-state index contributed by atoms with van der Waals surface area (Å²) in [5, 5.41) is 0. The predicted octanol–water partition coefficient (Wildman–Crippen LogP) is 3.89. The van der Waals surface area contributed by atoms with Crippen molar-refractivity contribution in [2.75, 3.05) is 6.61 Å². The molecule has 3 nitrogen and oxygen atoms in total. The van der Waals surface area contributed by atoms with Crippen molar-refractivity contribution >= 4 is 0 Å². The van der Waals surface area contributed by atoms with E-state index >= 15 is 0 Å². The highest BCUT2D eigenvalue weighted by atomic mass is 16.5. The largest absolute Gasteiger partial charge is 0.374 e. The normalized spacial score (nSPS) is 40.1. The van der Waals surface area contributed by atoms with E-state index in [4.69, 9.17) is 15.2 Å². The summed E-state index contributed by atoms with van der Waals surface area (Å²) in [5.74, 6) is 1.05. The molecule has 1 saturated carbocycles. The van der Waals surface area contributed by atoms with Crippen molar-refractivity contribution in [3.63, 3.8) is 0 Å². The van der Waals surface area contributed by atoms with Gasteiger partial charge in [0.25, 0.3) is 0 Å². The summed E-state index contributed by atoms with van der Waals surface area (Å²) in [6, 6.07) is 0.0528. The lowest BCUT2D eigenvalue weighted by Crippen LogP contribution is -2.59. The molecule has 0 bridgehead atoms. The van der Waals surface area contributed by atoms with Crippen LogP contribution in [0.3, 0.4) is 0 Å². The van der Waals surface area contributed by atoms with Gasteiger partial charge in [-0.25, -0.2) is 0 Å². The highest BCUT2D eigenvalue weighted by Gasteiger charge is 2.54. The van der Waals surface area contributed by atoms with Gasteiger partial charge in [-0.15, -0.1) is 0 Å². The van der Waals surface area contributed by atoms with Gasteiger partial charge in [0.1, 0.15) is 0 Å². The van der Waals surface area contributed by atoms with E-state index in [0.717, 1.165) is 25.9 Å². The second-order valence-electron chi connectivity index (χ2n) is 8.50. The first-order valence-electron chi connectivity index (χ1n) is 8.71. The monoisotopic (exact) mass is 297 g/mol. The fourth-order valence-electron chi connectivity index (χ4n) is 4.89. The molecule has 0 aromatic heterocycles. The Bertz CT molecular complexity index is 362. The zero-order valence-electron chi connectivity index (χ0n) is 14.9. The van der Waals surface area contributed by atoms with Crippen molar-refractivity contribution in [2.24, 2.45) is 17.6 Å². The maximum absolute atomic E-state index is 6.83. The molecule has 2 aliphatic rings. The van der Waals surface area contributed by atoms with E-state index in [2.05, 4.69) is 41.5 Å². The van der Waals surface area contributed by atoms with Gasteiger partial charge in [0.15, 0.2) is 0 Å². The molecular formula is C18H35NO2. The van der Waals surface area contributed by atoms with Crippen LogP contribution in [0.1, 0.15) is 73.6 Å². The van der Waals surface area contributed by atoms with E-state index < -0.39 is 0 Å². The third-order valence-electron chi connectivity index (χ3n) is 5.61. The van der Waals surface area contributed by atoms with Gasteiger partial charge in [-0.2, -0.15) is 0 Å². The van der Waals surface area contributed by atoms with Gasteiger partial charge >= 0.3 is 0 Å². The number of hydrogen-bond acceptors (Lipinski definition) is 3. The van der Waals surface area contributed by atoms with E-state index in [9.17, 15) is 0 Å². The van der Waals surface area contributed by atoms with Crippen molar-refractivity contribution in [3.05, 3.63) is 0 Å². The van der Waals surface area contributed by atoms with Crippen LogP contribution in [0.4, 0.5) is 0 Å². The molecule has 1 saturated heterocycles. The predicted molar refractivity (Wildman–Crippen MR) is 87.3 cm³/mol. The molecule has 0 radical (unpaired) electrons. The number of hydrogen-bond donors (Lipinski definition) is 1. The van der Waals surface area contributed by atoms with Crippen LogP contribution in [-0.2, 0) is 9.47 Å². The highest BCUT2D eigenvalue weighted by Crippen LogP contribution is 2.48. The van der Waals surface area contributed by atoms with Gasteiger partial charge in [-0.05, 0) is 59.8 Å². The Hall–Kier alpha value is -0.120. The van der Waals surface area contributed by atoms with Crippen molar-refractivity contribution in [1.82, 2.24) is 0 Å². The highest BCUT2D eigenvalue weighted by molar-refractivity contribution is 5.07. The average molecular weight is 297 g/mol. The summed E-state index contributed by atoms with van der Waals surface area (Å²) < 4.78 is 12.6. The van der Waals surface area contributed by atoms with Crippen LogP contribution in [0.15, 0.2) is 0 Å². The number of rotatable bonds is 4. The Labute approximate surface area is 130 Å². The zero-order chi connectivity index (χ0) is 15.9. The fraction of sp³-hybridized carbons (Fsp3) is 1.00. The first-order valence-corrected chi connectivity index (χ1v) is 8.71. The second kappa shape index (κ2) is 5.82. The Morgan fingerprint density at radius 1 is 1.24 bits per heavy atom. The molecule has 21 heavy (non-hydrogen) atoms. The molecule has 1 aliphatic heterocycles. The van der Waals surface area contributed by atoms with Crippen LogP contribution in [0, 0.1) is 11.8 Å². The minimum absolute atomic E-state index is 0.0528. The fourth-order valence-corrected chi connectivity index (χ4v) is 4.89. The molecule has 0 amide bonds. The zero-order valence-corrected chi connectivity index (χ0v) is 14.9. The maximum atomic E-state index is 6.83. The Balaban J connectivity index is 2.24. The smallest absolute Gasteiger partial charge is 0.0838 e. The summed E-state index contributed by atoms with van der Waals surface area (Å²) in [5.41, 5.74) is 6.42. The molecule has 0 spiro atoms. The standard InChI is InChI=1S/C18H35NO2/c1-7-20-18(10-8-9-13(2)11-18)15(19)14-12-16(3,4)21-17(14,5)6/h13-15H,7-12,19H2,1-6H3. The lowest BCUT2D eigenvalue weighted by atomic mass is 9.67. The van der Waals surface area contributed by atoms with Crippen LogP contribution in [0.2, 0.25) is 0 Å². The van der Waals surface area contributed by atoms with Crippen LogP contribution in [0.25, 0.3) is 0 Å². The van der Waals surface area contributed by atoms with Gasteiger partial charge in [0.05, 0.1) is 16.8 Å². The average Bonchev–Trinajstić information content (AvgIpc) is 2.56. The third-order valence-corrected chi connectivity index (χ3v) is 5.61. The van der Waals surface area contributed by atoms with Crippen LogP contribution in [-0.4, -0.2) is 29.5 Å². The van der Waals surface area contributed by atoms with Crippen molar-refractivity contribution < 1.29 is 9.47 Å². The third kappa shape index (κ3) is 3.46. The minimum atomic E-state index is -0.173. The summed E-state index contributed by atoms with van der Waals surface area (Å²) >= 11 is 0. The van der Waals surface area contributed by atoms with Crippen LogP contribution in [0.5, 0.6) is 0 Å². The van der Waals surface area contributed by atoms with Gasteiger partial charge in [-0.3, -0.25) is 0 Å². The van der Waals surface area contributed by atoms with Gasteiger partial charge in [0, 0.05) is 18.6 Å². The Kier molecular flexibility index (Phi) is 4.78. The molecule has 124 valence electrons. The Morgan fingerprint density at radius 2 is 1.90 bits per heavy atom. The number of ether oxygens (including phenoxy) is 2. The molecule has 1 aliphatic carbocycles. The molecule has 2 fully saturated rings. The van der Waals surface area contributed by atoms with Gasteiger partial charge < -0.3 is 15.2 Å². The van der Waals surface area contributed by atoms with Gasteiger partial charge in [-0.1, -0.05) is 19.8 Å². The van der Waals surface area contributed by atoms with E-state index in [1.54, 1.807) is 0 Å². The summed E-state index contributed by atoms with van der Waals surface area (Å²) in [6.07, 6.45) is 5.74. The van der Waals surface area contributed by atoms with Crippen molar-refractivity contribution in [1.29, 1.82) is 0 Å². The van der Waals surface area contributed by atoms with Crippen LogP contribution >= 0.6 is 0 Å². The molecule has 3 heteroatoms. The van der Waals surface area contributed by atoms with Crippen molar-refractivity contribution in [3.8, 4) is 0 Å². The van der Waals surface area contributed by atoms with E-state index in [-0.39, 0.29) is 22.8 Å². The topological polar surface area (TPSA) is 44.5 Å². The molecule has 0 aromatic rings. The lowest BCUT2D eigenvalue weighted by molar-refractivity contribution is -0.124. The SMILES string of the molecule is CCOC1(C(N)C2CC(C)(C)OC2(C)C)CCCC(C)C1. The molecule has 4 atom stereocenters. The number of nitrogens with two attached hydrogens (primary N) is 1.